The van der Waals surface area contributed by atoms with E-state index in [1.165, 1.54) is 19.2 Å². The van der Waals surface area contributed by atoms with Crippen molar-refractivity contribution in [2.75, 3.05) is 14.2 Å². The van der Waals surface area contributed by atoms with E-state index < -0.39 is 10.8 Å². The fraction of sp³-hybridized carbons (Fsp3) is 0.150. The molecule has 154 valence electrons. The molecule has 0 aliphatic heterocycles. The van der Waals surface area contributed by atoms with E-state index in [1.54, 1.807) is 50.4 Å². The number of non-ortho nitro benzene ring substituents is 1. The maximum Gasteiger partial charge on any atom is 0.289 e. The number of amides is 1. The van der Waals surface area contributed by atoms with Gasteiger partial charge in [-0.25, -0.2) is 5.43 Å². The van der Waals surface area contributed by atoms with Crippen LogP contribution in [0.15, 0.2) is 53.6 Å². The molecule has 0 saturated carbocycles. The molecule has 3 rings (SSSR count). The van der Waals surface area contributed by atoms with E-state index in [0.29, 0.717) is 34.0 Å². The molecule has 2 aromatic carbocycles. The molecule has 0 unspecified atom stereocenters. The van der Waals surface area contributed by atoms with E-state index >= 15 is 0 Å². The number of H-pyrrole nitrogens is 1. The van der Waals surface area contributed by atoms with E-state index in [4.69, 9.17) is 9.47 Å². The summed E-state index contributed by atoms with van der Waals surface area (Å²) >= 11 is 0. The van der Waals surface area contributed by atoms with Crippen LogP contribution >= 0.6 is 0 Å². The van der Waals surface area contributed by atoms with E-state index in [-0.39, 0.29) is 11.4 Å². The fourth-order valence-electron chi connectivity index (χ4n) is 2.69. The highest BCUT2D eigenvalue weighted by Gasteiger charge is 2.15. The zero-order valence-electron chi connectivity index (χ0n) is 16.5. The lowest BCUT2D eigenvalue weighted by Crippen LogP contribution is -2.19. The minimum atomic E-state index is -0.508. The third kappa shape index (κ3) is 4.43. The molecular formula is C20H19N5O5. The molecule has 10 nitrogen and oxygen atoms in total. The number of nitrogens with zero attached hydrogens (tertiary/aromatic N) is 3. The summed E-state index contributed by atoms with van der Waals surface area (Å²) < 4.78 is 10.5. The number of hydrogen-bond acceptors (Lipinski definition) is 7. The number of aromatic nitrogens is 2. The highest BCUT2D eigenvalue weighted by molar-refractivity contribution is 6.01. The zero-order chi connectivity index (χ0) is 21.7. The summed E-state index contributed by atoms with van der Waals surface area (Å²) in [4.78, 5) is 22.8. The topological polar surface area (TPSA) is 132 Å². The molecule has 0 spiro atoms. The molecule has 2 N–H and O–H groups in total. The van der Waals surface area contributed by atoms with Crippen molar-refractivity contribution < 1.29 is 19.2 Å². The summed E-state index contributed by atoms with van der Waals surface area (Å²) in [5.74, 6) is 0.674. The van der Waals surface area contributed by atoms with Crippen LogP contribution in [0.25, 0.3) is 11.3 Å². The Kier molecular flexibility index (Phi) is 6.06. The molecule has 1 aromatic heterocycles. The van der Waals surface area contributed by atoms with Crippen molar-refractivity contribution in [2.24, 2.45) is 5.10 Å². The zero-order valence-corrected chi connectivity index (χ0v) is 16.5. The Morgan fingerprint density at radius 3 is 2.67 bits per heavy atom. The van der Waals surface area contributed by atoms with Gasteiger partial charge in [-0.05, 0) is 25.1 Å². The summed E-state index contributed by atoms with van der Waals surface area (Å²) in [6.45, 7) is 1.64. The molecule has 0 atom stereocenters. The van der Waals surface area contributed by atoms with Crippen LogP contribution in [0.2, 0.25) is 0 Å². The van der Waals surface area contributed by atoms with Crippen LogP contribution in [0, 0.1) is 10.1 Å². The standard InChI is InChI=1S/C20H19N5O5/c1-12(13-5-4-6-14(9-13)25(27)28)21-24-20(26)18-11-17(22-23-18)16-8-7-15(29-2)10-19(16)30-3/h4-11H,1-3H3,(H,22,23)(H,24,26). The van der Waals surface area contributed by atoms with Crippen LogP contribution in [0.5, 0.6) is 11.5 Å². The average Bonchev–Trinajstić information content (AvgIpc) is 3.26. The molecule has 3 aromatic rings. The molecule has 0 bridgehead atoms. The number of rotatable bonds is 7. The second kappa shape index (κ2) is 8.86. The van der Waals surface area contributed by atoms with Crippen molar-refractivity contribution in [2.45, 2.75) is 6.92 Å². The van der Waals surface area contributed by atoms with Crippen molar-refractivity contribution >= 4 is 17.3 Å². The average molecular weight is 409 g/mol. The Bertz CT molecular complexity index is 1120. The van der Waals surface area contributed by atoms with Crippen LogP contribution in [0.3, 0.4) is 0 Å². The number of methoxy groups -OCH3 is 2. The molecule has 0 fully saturated rings. The third-order valence-corrected chi connectivity index (χ3v) is 4.31. The number of carbonyl (C=O) groups excluding carboxylic acids is 1. The van der Waals surface area contributed by atoms with Gasteiger partial charge in [0, 0.05) is 29.3 Å². The lowest BCUT2D eigenvalue weighted by Gasteiger charge is -2.08. The molecule has 0 aliphatic carbocycles. The van der Waals surface area contributed by atoms with Crippen LogP contribution in [0.4, 0.5) is 5.69 Å². The molecule has 0 radical (unpaired) electrons. The molecule has 1 amide bonds. The summed E-state index contributed by atoms with van der Waals surface area (Å²) in [5.41, 5.74) is 4.70. The summed E-state index contributed by atoms with van der Waals surface area (Å²) in [6.07, 6.45) is 0. The molecule has 0 saturated heterocycles. The van der Waals surface area contributed by atoms with Gasteiger partial charge in [0.2, 0.25) is 0 Å². The molecule has 1 heterocycles. The van der Waals surface area contributed by atoms with Crippen LogP contribution in [-0.2, 0) is 0 Å². The first-order valence-electron chi connectivity index (χ1n) is 8.80. The summed E-state index contributed by atoms with van der Waals surface area (Å²) in [5, 5.41) is 21.7. The normalized spacial score (nSPS) is 11.1. The van der Waals surface area contributed by atoms with Crippen LogP contribution < -0.4 is 14.9 Å². The number of hydrazone groups is 1. The van der Waals surface area contributed by atoms with Gasteiger partial charge in [-0.1, -0.05) is 12.1 Å². The highest BCUT2D eigenvalue weighted by Crippen LogP contribution is 2.32. The lowest BCUT2D eigenvalue weighted by molar-refractivity contribution is -0.384. The number of aromatic amines is 1. The number of carbonyl (C=O) groups is 1. The lowest BCUT2D eigenvalue weighted by atomic mass is 10.1. The number of nitrogens with one attached hydrogen (secondary N) is 2. The quantitative estimate of drug-likeness (QED) is 0.350. The monoisotopic (exact) mass is 409 g/mol. The summed E-state index contributed by atoms with van der Waals surface area (Å²) in [7, 11) is 3.09. The Balaban J connectivity index is 1.76. The Labute approximate surface area is 171 Å². The smallest absolute Gasteiger partial charge is 0.289 e. The van der Waals surface area contributed by atoms with Gasteiger partial charge in [0.05, 0.1) is 30.5 Å². The van der Waals surface area contributed by atoms with Gasteiger partial charge in [-0.2, -0.15) is 10.2 Å². The molecular weight excluding hydrogens is 390 g/mol. The van der Waals surface area contributed by atoms with E-state index in [0.717, 1.165) is 0 Å². The predicted octanol–water partition coefficient (Wildman–Crippen LogP) is 3.16. The number of ether oxygens (including phenoxy) is 2. The summed E-state index contributed by atoms with van der Waals surface area (Å²) in [6, 6.07) is 12.8. The van der Waals surface area contributed by atoms with E-state index in [2.05, 4.69) is 20.7 Å². The van der Waals surface area contributed by atoms with Crippen molar-refractivity contribution in [1.82, 2.24) is 15.6 Å². The highest BCUT2D eigenvalue weighted by atomic mass is 16.6. The van der Waals surface area contributed by atoms with Crippen LogP contribution in [-0.4, -0.2) is 41.0 Å². The van der Waals surface area contributed by atoms with Gasteiger partial charge in [-0.15, -0.1) is 0 Å². The van der Waals surface area contributed by atoms with Crippen molar-refractivity contribution in [3.05, 3.63) is 69.9 Å². The number of benzene rings is 2. The van der Waals surface area contributed by atoms with E-state index in [1.807, 2.05) is 0 Å². The first-order chi connectivity index (χ1) is 14.4. The Morgan fingerprint density at radius 1 is 1.17 bits per heavy atom. The predicted molar refractivity (Wildman–Crippen MR) is 110 cm³/mol. The van der Waals surface area contributed by atoms with Crippen molar-refractivity contribution in [3.8, 4) is 22.8 Å². The van der Waals surface area contributed by atoms with Gasteiger partial charge in [-0.3, -0.25) is 20.0 Å². The maximum absolute atomic E-state index is 12.4. The molecule has 30 heavy (non-hydrogen) atoms. The first-order valence-corrected chi connectivity index (χ1v) is 8.80. The second-order valence-corrected chi connectivity index (χ2v) is 6.18. The minimum absolute atomic E-state index is 0.0555. The third-order valence-electron chi connectivity index (χ3n) is 4.31. The second-order valence-electron chi connectivity index (χ2n) is 6.18. The Morgan fingerprint density at radius 2 is 1.97 bits per heavy atom. The van der Waals surface area contributed by atoms with Crippen molar-refractivity contribution in [1.29, 1.82) is 0 Å². The minimum Gasteiger partial charge on any atom is -0.497 e. The largest absolute Gasteiger partial charge is 0.497 e. The first kappa shape index (κ1) is 20.5. The molecule has 0 aliphatic rings. The van der Waals surface area contributed by atoms with E-state index in [9.17, 15) is 14.9 Å². The Hall–Kier alpha value is -4.21. The number of nitro groups is 1. The number of hydrogen-bond donors (Lipinski definition) is 2. The maximum atomic E-state index is 12.4. The van der Waals surface area contributed by atoms with Gasteiger partial charge in [0.1, 0.15) is 17.2 Å². The SMILES string of the molecule is COc1ccc(-c2cc(C(=O)NN=C(C)c3cccc([N+](=O)[O-])c3)[nH]n2)c(OC)c1. The number of nitro benzene ring substituents is 1. The van der Waals surface area contributed by atoms with Gasteiger partial charge in [0.25, 0.3) is 11.6 Å². The van der Waals surface area contributed by atoms with Gasteiger partial charge in [0.15, 0.2) is 0 Å². The van der Waals surface area contributed by atoms with Crippen LogP contribution in [0.1, 0.15) is 23.0 Å². The van der Waals surface area contributed by atoms with Crippen molar-refractivity contribution in [3.63, 3.8) is 0 Å². The fourth-order valence-corrected chi connectivity index (χ4v) is 2.69. The van der Waals surface area contributed by atoms with Gasteiger partial charge < -0.3 is 9.47 Å². The van der Waals surface area contributed by atoms with Gasteiger partial charge >= 0.3 is 0 Å². The molecule has 10 heteroatoms.